The molecule has 0 amide bonds. The zero-order valence-corrected chi connectivity index (χ0v) is 11.9. The van der Waals surface area contributed by atoms with Gasteiger partial charge in [0.05, 0.1) is 0 Å². The van der Waals surface area contributed by atoms with Gasteiger partial charge in [0.1, 0.15) is 5.84 Å². The van der Waals surface area contributed by atoms with Gasteiger partial charge in [0.15, 0.2) is 0 Å². The quantitative estimate of drug-likeness (QED) is 0.648. The zero-order valence-electron chi connectivity index (χ0n) is 10.3. The highest BCUT2D eigenvalue weighted by Gasteiger charge is 2.34. The fraction of sp³-hybridized carbons (Fsp3) is 0.500. The summed E-state index contributed by atoms with van der Waals surface area (Å²) >= 11 is 3.46. The Morgan fingerprint density at radius 3 is 2.61 bits per heavy atom. The van der Waals surface area contributed by atoms with E-state index in [-0.39, 0.29) is 5.84 Å². The summed E-state index contributed by atoms with van der Waals surface area (Å²) in [6, 6.07) is 6.77. The number of hydrogen-bond acceptors (Lipinski definition) is 2. The number of amidine groups is 1. The number of rotatable bonds is 5. The second kappa shape index (κ2) is 4.57. The minimum Gasteiger partial charge on any atom is -0.384 e. The van der Waals surface area contributed by atoms with Gasteiger partial charge in [-0.15, -0.1) is 0 Å². The maximum Gasteiger partial charge on any atom is 0.124 e. The average Bonchev–Trinajstić information content (AvgIpc) is 3.19. The third-order valence-corrected chi connectivity index (χ3v) is 4.19. The standard InChI is InChI=1S/C14H18BrN3/c15-10-3-6-13(12(7-10)14(16)17)18(11-4-5-11)8-9-1-2-9/h3,6-7,9,11H,1-2,4-5,8H2,(H3,16,17). The molecule has 1 aromatic rings. The summed E-state index contributed by atoms with van der Waals surface area (Å²) in [5.41, 5.74) is 7.72. The fourth-order valence-corrected chi connectivity index (χ4v) is 2.74. The Morgan fingerprint density at radius 1 is 1.33 bits per heavy atom. The Hall–Kier alpha value is -1.03. The van der Waals surface area contributed by atoms with Crippen LogP contribution in [-0.2, 0) is 0 Å². The highest BCUT2D eigenvalue weighted by molar-refractivity contribution is 9.10. The molecule has 0 unspecified atom stereocenters. The molecular formula is C14H18BrN3. The predicted octanol–water partition coefficient (Wildman–Crippen LogP) is 3.11. The lowest BCUT2D eigenvalue weighted by Gasteiger charge is -2.27. The molecule has 2 fully saturated rings. The first kappa shape index (κ1) is 12.0. The van der Waals surface area contributed by atoms with Crippen LogP contribution in [0, 0.1) is 11.3 Å². The first-order valence-corrected chi connectivity index (χ1v) is 7.35. The molecule has 3 N–H and O–H groups in total. The molecule has 4 heteroatoms. The van der Waals surface area contributed by atoms with Crippen molar-refractivity contribution in [3.05, 3.63) is 28.2 Å². The molecule has 3 rings (SSSR count). The molecule has 18 heavy (non-hydrogen) atoms. The van der Waals surface area contributed by atoms with Crippen molar-refractivity contribution in [3.8, 4) is 0 Å². The zero-order chi connectivity index (χ0) is 12.7. The number of nitrogens with two attached hydrogens (primary N) is 1. The van der Waals surface area contributed by atoms with E-state index < -0.39 is 0 Å². The Bertz CT molecular complexity index is 478. The van der Waals surface area contributed by atoms with E-state index in [0.29, 0.717) is 6.04 Å². The normalized spacial score (nSPS) is 18.7. The van der Waals surface area contributed by atoms with Crippen LogP contribution in [-0.4, -0.2) is 18.4 Å². The molecule has 0 atom stereocenters. The Balaban J connectivity index is 1.93. The van der Waals surface area contributed by atoms with Crippen LogP contribution in [0.4, 0.5) is 5.69 Å². The van der Waals surface area contributed by atoms with Crippen LogP contribution in [0.2, 0.25) is 0 Å². The van der Waals surface area contributed by atoms with Crippen LogP contribution in [0.25, 0.3) is 0 Å². The van der Waals surface area contributed by atoms with Crippen LogP contribution in [0.3, 0.4) is 0 Å². The van der Waals surface area contributed by atoms with Crippen molar-refractivity contribution in [3.63, 3.8) is 0 Å². The number of nitrogens with zero attached hydrogens (tertiary/aromatic N) is 1. The molecule has 2 aliphatic rings. The Kier molecular flexibility index (Phi) is 3.06. The van der Waals surface area contributed by atoms with Gasteiger partial charge >= 0.3 is 0 Å². The van der Waals surface area contributed by atoms with Crippen molar-refractivity contribution in [2.45, 2.75) is 31.7 Å². The molecule has 1 aromatic carbocycles. The van der Waals surface area contributed by atoms with E-state index in [4.69, 9.17) is 11.1 Å². The van der Waals surface area contributed by atoms with Crippen molar-refractivity contribution >= 4 is 27.5 Å². The van der Waals surface area contributed by atoms with Crippen LogP contribution in [0.5, 0.6) is 0 Å². The van der Waals surface area contributed by atoms with Gasteiger partial charge in [-0.1, -0.05) is 15.9 Å². The molecular weight excluding hydrogens is 290 g/mol. The van der Waals surface area contributed by atoms with Crippen LogP contribution < -0.4 is 10.6 Å². The highest BCUT2D eigenvalue weighted by atomic mass is 79.9. The largest absolute Gasteiger partial charge is 0.384 e. The molecule has 2 saturated carbocycles. The van der Waals surface area contributed by atoms with Crippen LogP contribution in [0.1, 0.15) is 31.2 Å². The SMILES string of the molecule is N=C(N)c1cc(Br)ccc1N(CC1CC1)C1CC1. The van der Waals surface area contributed by atoms with E-state index in [0.717, 1.165) is 28.2 Å². The molecule has 3 nitrogen and oxygen atoms in total. The molecule has 0 bridgehead atoms. The number of nitrogen functional groups attached to an aromatic ring is 1. The lowest BCUT2D eigenvalue weighted by molar-refractivity contribution is 0.718. The third-order valence-electron chi connectivity index (χ3n) is 3.70. The first-order valence-electron chi connectivity index (χ1n) is 6.55. The number of benzene rings is 1. The van der Waals surface area contributed by atoms with Crippen molar-refractivity contribution < 1.29 is 0 Å². The smallest absolute Gasteiger partial charge is 0.124 e. The van der Waals surface area contributed by atoms with Crippen molar-refractivity contribution in [2.75, 3.05) is 11.4 Å². The second-order valence-corrected chi connectivity index (χ2v) is 6.32. The summed E-state index contributed by atoms with van der Waals surface area (Å²) in [5.74, 6) is 1.02. The van der Waals surface area contributed by atoms with Crippen LogP contribution in [0.15, 0.2) is 22.7 Å². The lowest BCUT2D eigenvalue weighted by atomic mass is 10.1. The average molecular weight is 308 g/mol. The van der Waals surface area contributed by atoms with Gasteiger partial charge in [0.2, 0.25) is 0 Å². The topological polar surface area (TPSA) is 53.1 Å². The molecule has 2 aliphatic carbocycles. The van der Waals surface area contributed by atoms with Gasteiger partial charge in [-0.05, 0) is 49.8 Å². The fourth-order valence-electron chi connectivity index (χ4n) is 2.38. The number of hydrogen-bond donors (Lipinski definition) is 2. The summed E-state index contributed by atoms with van der Waals surface area (Å²) < 4.78 is 0.985. The van der Waals surface area contributed by atoms with Crippen molar-refractivity contribution in [2.24, 2.45) is 11.7 Å². The minimum atomic E-state index is 0.160. The van der Waals surface area contributed by atoms with E-state index in [1.807, 2.05) is 12.1 Å². The van der Waals surface area contributed by atoms with E-state index >= 15 is 0 Å². The molecule has 0 saturated heterocycles. The van der Waals surface area contributed by atoms with E-state index in [1.54, 1.807) is 0 Å². The van der Waals surface area contributed by atoms with E-state index in [9.17, 15) is 0 Å². The van der Waals surface area contributed by atoms with Gasteiger partial charge in [0.25, 0.3) is 0 Å². The molecule has 96 valence electrons. The van der Waals surface area contributed by atoms with Gasteiger partial charge in [-0.25, -0.2) is 0 Å². The predicted molar refractivity (Wildman–Crippen MR) is 78.3 cm³/mol. The van der Waals surface area contributed by atoms with Gasteiger partial charge in [0, 0.05) is 28.3 Å². The number of halogens is 1. The Labute approximate surface area is 116 Å². The van der Waals surface area contributed by atoms with Crippen molar-refractivity contribution in [1.82, 2.24) is 0 Å². The maximum absolute atomic E-state index is 7.76. The van der Waals surface area contributed by atoms with E-state index in [2.05, 4.69) is 26.9 Å². The second-order valence-electron chi connectivity index (χ2n) is 5.40. The monoisotopic (exact) mass is 307 g/mol. The van der Waals surface area contributed by atoms with Crippen LogP contribution >= 0.6 is 15.9 Å². The van der Waals surface area contributed by atoms with Gasteiger partial charge in [-0.3, -0.25) is 5.41 Å². The van der Waals surface area contributed by atoms with Crippen molar-refractivity contribution in [1.29, 1.82) is 5.41 Å². The Morgan fingerprint density at radius 2 is 2.06 bits per heavy atom. The molecule has 0 spiro atoms. The minimum absolute atomic E-state index is 0.160. The molecule has 0 aliphatic heterocycles. The maximum atomic E-state index is 7.76. The summed E-state index contributed by atoms with van der Waals surface area (Å²) in [4.78, 5) is 2.47. The van der Waals surface area contributed by atoms with E-state index in [1.165, 1.54) is 25.7 Å². The molecule has 0 heterocycles. The lowest BCUT2D eigenvalue weighted by Crippen LogP contribution is -2.30. The summed E-state index contributed by atoms with van der Waals surface area (Å²) in [6.07, 6.45) is 5.27. The summed E-state index contributed by atoms with van der Waals surface area (Å²) in [7, 11) is 0. The number of nitrogens with one attached hydrogen (secondary N) is 1. The van der Waals surface area contributed by atoms with Gasteiger partial charge in [-0.2, -0.15) is 0 Å². The van der Waals surface area contributed by atoms with Gasteiger partial charge < -0.3 is 10.6 Å². The first-order chi connectivity index (χ1) is 8.65. The molecule has 0 aromatic heterocycles. The summed E-state index contributed by atoms with van der Waals surface area (Å²) in [5, 5.41) is 7.76. The number of anilines is 1. The molecule has 0 radical (unpaired) electrons. The highest BCUT2D eigenvalue weighted by Crippen LogP contribution is 2.39. The summed E-state index contributed by atoms with van der Waals surface area (Å²) in [6.45, 7) is 1.13. The third kappa shape index (κ3) is 2.53.